The molecule has 2 saturated heterocycles. The predicted octanol–water partition coefficient (Wildman–Crippen LogP) is 3.40. The highest BCUT2D eigenvalue weighted by Crippen LogP contribution is 2.25. The normalized spacial score (nSPS) is 25.0. The molecule has 3 heterocycles. The number of rotatable bonds is 4. The Labute approximate surface area is 148 Å². The van der Waals surface area contributed by atoms with E-state index in [1.165, 1.54) is 6.42 Å². The molecule has 5 nitrogen and oxygen atoms in total. The molecule has 0 aliphatic carbocycles. The second kappa shape index (κ2) is 7.40. The van der Waals surface area contributed by atoms with Crippen LogP contribution in [0.15, 0.2) is 35.0 Å². The van der Waals surface area contributed by atoms with Gasteiger partial charge < -0.3 is 9.47 Å². The van der Waals surface area contributed by atoms with Crippen LogP contribution in [0.2, 0.25) is 0 Å². The smallest absolute Gasteiger partial charge is 0.277 e. The Hall–Kier alpha value is -2.14. The third kappa shape index (κ3) is 3.76. The second-order valence-electron chi connectivity index (χ2n) is 6.84. The number of aliphatic imine (C=N–C) groups is 1. The van der Waals surface area contributed by atoms with E-state index < -0.39 is 0 Å². The SMILES string of the molecule is O=C1/C(=C/c2ccc(OCC3CCCO3)cc2)N=C2CCCCCN12. The summed E-state index contributed by atoms with van der Waals surface area (Å²) in [7, 11) is 0. The van der Waals surface area contributed by atoms with Gasteiger partial charge in [0.25, 0.3) is 5.91 Å². The van der Waals surface area contributed by atoms with Crippen molar-refractivity contribution in [1.82, 2.24) is 4.90 Å². The number of amidine groups is 1. The van der Waals surface area contributed by atoms with E-state index in [1.807, 2.05) is 35.2 Å². The van der Waals surface area contributed by atoms with Crippen LogP contribution in [0.4, 0.5) is 0 Å². The van der Waals surface area contributed by atoms with Gasteiger partial charge in [-0.1, -0.05) is 18.6 Å². The molecule has 0 spiro atoms. The van der Waals surface area contributed by atoms with E-state index >= 15 is 0 Å². The van der Waals surface area contributed by atoms with Crippen LogP contribution in [-0.2, 0) is 9.53 Å². The van der Waals surface area contributed by atoms with Gasteiger partial charge in [0.05, 0.1) is 6.10 Å². The van der Waals surface area contributed by atoms with E-state index in [-0.39, 0.29) is 12.0 Å². The summed E-state index contributed by atoms with van der Waals surface area (Å²) in [6, 6.07) is 7.81. The summed E-state index contributed by atoms with van der Waals surface area (Å²) in [6.07, 6.45) is 8.54. The standard InChI is InChI=1S/C20H24N2O3/c23-20-18(21-19-6-2-1-3-11-22(19)20)13-15-7-9-16(10-8-15)25-14-17-5-4-12-24-17/h7-10,13,17H,1-6,11-12,14H2/b18-13-. The first-order valence-corrected chi connectivity index (χ1v) is 9.25. The summed E-state index contributed by atoms with van der Waals surface area (Å²) in [5.41, 5.74) is 1.51. The molecule has 132 valence electrons. The molecule has 0 N–H and O–H groups in total. The van der Waals surface area contributed by atoms with Crippen molar-refractivity contribution in [3.63, 3.8) is 0 Å². The molecule has 1 atom stereocenters. The van der Waals surface area contributed by atoms with Crippen molar-refractivity contribution < 1.29 is 14.3 Å². The quantitative estimate of drug-likeness (QED) is 0.790. The van der Waals surface area contributed by atoms with Crippen molar-refractivity contribution in [1.29, 1.82) is 0 Å². The summed E-state index contributed by atoms with van der Waals surface area (Å²) < 4.78 is 11.3. The number of carbonyl (C=O) groups is 1. The van der Waals surface area contributed by atoms with E-state index in [4.69, 9.17) is 9.47 Å². The first-order valence-electron chi connectivity index (χ1n) is 9.25. The minimum Gasteiger partial charge on any atom is -0.491 e. The summed E-state index contributed by atoms with van der Waals surface area (Å²) in [4.78, 5) is 18.9. The van der Waals surface area contributed by atoms with Gasteiger partial charge >= 0.3 is 0 Å². The third-order valence-electron chi connectivity index (χ3n) is 4.95. The zero-order valence-electron chi connectivity index (χ0n) is 14.4. The highest BCUT2D eigenvalue weighted by atomic mass is 16.5. The number of hydrogen-bond acceptors (Lipinski definition) is 4. The molecule has 0 radical (unpaired) electrons. The molecule has 1 amide bonds. The summed E-state index contributed by atoms with van der Waals surface area (Å²) in [6.45, 7) is 2.24. The molecule has 1 unspecified atom stereocenters. The molecule has 0 aromatic heterocycles. The maximum atomic E-state index is 12.5. The van der Waals surface area contributed by atoms with Gasteiger partial charge in [-0.05, 0) is 49.5 Å². The first-order chi connectivity index (χ1) is 12.3. The zero-order valence-corrected chi connectivity index (χ0v) is 14.4. The molecule has 2 fully saturated rings. The monoisotopic (exact) mass is 340 g/mol. The van der Waals surface area contributed by atoms with Crippen LogP contribution in [0.3, 0.4) is 0 Å². The number of nitrogens with zero attached hydrogens (tertiary/aromatic N) is 2. The molecule has 0 bridgehead atoms. The fourth-order valence-corrected chi connectivity index (χ4v) is 3.53. The van der Waals surface area contributed by atoms with Crippen molar-refractivity contribution in [2.75, 3.05) is 19.8 Å². The van der Waals surface area contributed by atoms with Gasteiger partial charge in [0.1, 0.15) is 23.9 Å². The molecule has 1 aromatic carbocycles. The number of carbonyl (C=O) groups excluding carboxylic acids is 1. The van der Waals surface area contributed by atoms with Crippen molar-refractivity contribution in [3.8, 4) is 5.75 Å². The van der Waals surface area contributed by atoms with Gasteiger partial charge in [-0.25, -0.2) is 4.99 Å². The molecule has 3 aliphatic heterocycles. The van der Waals surface area contributed by atoms with Crippen LogP contribution < -0.4 is 4.74 Å². The van der Waals surface area contributed by atoms with Crippen molar-refractivity contribution >= 4 is 17.8 Å². The third-order valence-corrected chi connectivity index (χ3v) is 4.95. The van der Waals surface area contributed by atoms with E-state index in [0.717, 1.165) is 62.4 Å². The Balaban J connectivity index is 1.41. The van der Waals surface area contributed by atoms with Crippen LogP contribution in [0.1, 0.15) is 44.1 Å². The number of amides is 1. The number of fused-ring (bicyclic) bond motifs is 1. The lowest BCUT2D eigenvalue weighted by Gasteiger charge is -2.14. The van der Waals surface area contributed by atoms with E-state index in [9.17, 15) is 4.79 Å². The minimum atomic E-state index is 0.0376. The maximum absolute atomic E-state index is 12.5. The number of benzene rings is 1. The summed E-state index contributed by atoms with van der Waals surface area (Å²) in [5.74, 6) is 1.80. The summed E-state index contributed by atoms with van der Waals surface area (Å²) >= 11 is 0. The topological polar surface area (TPSA) is 51.1 Å². The van der Waals surface area contributed by atoms with Gasteiger partial charge in [0.15, 0.2) is 0 Å². The average molecular weight is 340 g/mol. The van der Waals surface area contributed by atoms with Crippen molar-refractivity contribution in [2.45, 2.75) is 44.6 Å². The Kier molecular flexibility index (Phi) is 4.83. The second-order valence-corrected chi connectivity index (χ2v) is 6.84. The fraction of sp³-hybridized carbons (Fsp3) is 0.500. The Morgan fingerprint density at radius 1 is 1.20 bits per heavy atom. The van der Waals surface area contributed by atoms with E-state index in [2.05, 4.69) is 4.99 Å². The molecule has 25 heavy (non-hydrogen) atoms. The van der Waals surface area contributed by atoms with E-state index in [0.29, 0.717) is 12.3 Å². The molecular formula is C20H24N2O3. The Bertz CT molecular complexity index is 687. The number of hydrogen-bond donors (Lipinski definition) is 0. The van der Waals surface area contributed by atoms with Crippen molar-refractivity contribution in [2.24, 2.45) is 4.99 Å². The molecule has 4 rings (SSSR count). The number of ether oxygens (including phenoxy) is 2. The average Bonchev–Trinajstić information content (AvgIpc) is 3.17. The largest absolute Gasteiger partial charge is 0.491 e. The molecule has 1 aromatic rings. The molecule has 5 heteroatoms. The zero-order chi connectivity index (χ0) is 17.1. The van der Waals surface area contributed by atoms with Gasteiger partial charge in [-0.15, -0.1) is 0 Å². The van der Waals surface area contributed by atoms with Gasteiger partial charge in [-0.3, -0.25) is 9.69 Å². The van der Waals surface area contributed by atoms with Crippen LogP contribution in [-0.4, -0.2) is 42.5 Å². The lowest BCUT2D eigenvalue weighted by Crippen LogP contribution is -2.31. The van der Waals surface area contributed by atoms with E-state index in [1.54, 1.807) is 0 Å². The fourth-order valence-electron chi connectivity index (χ4n) is 3.53. The van der Waals surface area contributed by atoms with Crippen LogP contribution >= 0.6 is 0 Å². The van der Waals surface area contributed by atoms with Crippen molar-refractivity contribution in [3.05, 3.63) is 35.5 Å². The molecule has 3 aliphatic rings. The highest BCUT2D eigenvalue weighted by Gasteiger charge is 2.30. The maximum Gasteiger partial charge on any atom is 0.277 e. The molecule has 0 saturated carbocycles. The van der Waals surface area contributed by atoms with Crippen LogP contribution in [0.25, 0.3) is 6.08 Å². The lowest BCUT2D eigenvalue weighted by molar-refractivity contribution is -0.122. The minimum absolute atomic E-state index is 0.0376. The van der Waals surface area contributed by atoms with Gasteiger partial charge in [-0.2, -0.15) is 0 Å². The Morgan fingerprint density at radius 3 is 2.88 bits per heavy atom. The van der Waals surface area contributed by atoms with Crippen LogP contribution in [0, 0.1) is 0 Å². The highest BCUT2D eigenvalue weighted by molar-refractivity contribution is 6.14. The van der Waals surface area contributed by atoms with Gasteiger partial charge in [0, 0.05) is 19.6 Å². The Morgan fingerprint density at radius 2 is 2.08 bits per heavy atom. The molecular weight excluding hydrogens is 316 g/mol. The van der Waals surface area contributed by atoms with Crippen LogP contribution in [0.5, 0.6) is 5.75 Å². The predicted molar refractivity (Wildman–Crippen MR) is 96.5 cm³/mol. The lowest BCUT2D eigenvalue weighted by atomic mass is 10.2. The van der Waals surface area contributed by atoms with Gasteiger partial charge in [0.2, 0.25) is 0 Å². The summed E-state index contributed by atoms with van der Waals surface area (Å²) in [5, 5.41) is 0. The first kappa shape index (κ1) is 16.3.